The van der Waals surface area contributed by atoms with E-state index >= 15 is 0 Å². The fraction of sp³-hybridized carbons (Fsp3) is 0.381. The Labute approximate surface area is 165 Å². The molecule has 2 aromatic carbocycles. The van der Waals surface area contributed by atoms with Crippen molar-refractivity contribution in [1.29, 1.82) is 0 Å². The summed E-state index contributed by atoms with van der Waals surface area (Å²) >= 11 is 0. The van der Waals surface area contributed by atoms with Crippen LogP contribution in [-0.4, -0.2) is 45.2 Å². The molecule has 0 bridgehead atoms. The molecule has 0 atom stereocenters. The number of hydrogen-bond donors (Lipinski definition) is 1. The van der Waals surface area contributed by atoms with Gasteiger partial charge in [0.05, 0.1) is 27.9 Å². The predicted molar refractivity (Wildman–Crippen MR) is 105 cm³/mol. The number of nitrogens with one attached hydrogen (secondary N) is 1. The van der Waals surface area contributed by atoms with Gasteiger partial charge in [0.25, 0.3) is 0 Å². The zero-order valence-corrected chi connectivity index (χ0v) is 16.8. The second kappa shape index (κ2) is 10.5. The lowest BCUT2D eigenvalue weighted by Gasteiger charge is -2.20. The summed E-state index contributed by atoms with van der Waals surface area (Å²) in [7, 11) is 4.67. The third-order valence-electron chi connectivity index (χ3n) is 4.37. The van der Waals surface area contributed by atoms with E-state index in [-0.39, 0.29) is 18.3 Å². The minimum absolute atomic E-state index is 0.130. The number of nitrogens with zero attached hydrogens (tertiary/aromatic N) is 1. The van der Waals surface area contributed by atoms with Crippen LogP contribution in [0.5, 0.6) is 17.2 Å². The summed E-state index contributed by atoms with van der Waals surface area (Å²) in [6.45, 7) is 3.64. The number of carbonyl (C=O) groups excluding carboxylic acids is 1. The SMILES string of the molecule is CCN(CC(=O)NCc1cc(OC)c(OC)cc1OC)Cc1cccc(F)c1. The molecule has 0 aliphatic carbocycles. The molecule has 0 heterocycles. The van der Waals surface area contributed by atoms with E-state index in [0.717, 1.165) is 11.1 Å². The van der Waals surface area contributed by atoms with E-state index in [0.29, 0.717) is 36.9 Å². The zero-order valence-electron chi connectivity index (χ0n) is 16.8. The first-order valence-electron chi connectivity index (χ1n) is 9.03. The van der Waals surface area contributed by atoms with E-state index in [9.17, 15) is 9.18 Å². The van der Waals surface area contributed by atoms with Gasteiger partial charge in [-0.2, -0.15) is 0 Å². The topological polar surface area (TPSA) is 60.0 Å². The van der Waals surface area contributed by atoms with Gasteiger partial charge in [-0.3, -0.25) is 9.69 Å². The Morgan fingerprint density at radius 2 is 1.71 bits per heavy atom. The van der Waals surface area contributed by atoms with Gasteiger partial charge in [0.2, 0.25) is 5.91 Å². The molecule has 6 nitrogen and oxygen atoms in total. The maximum absolute atomic E-state index is 13.4. The van der Waals surface area contributed by atoms with Crippen molar-refractivity contribution in [3.8, 4) is 17.2 Å². The van der Waals surface area contributed by atoms with Crippen molar-refractivity contribution in [3.05, 3.63) is 53.3 Å². The van der Waals surface area contributed by atoms with Crippen LogP contribution >= 0.6 is 0 Å². The van der Waals surface area contributed by atoms with Gasteiger partial charge < -0.3 is 19.5 Å². The minimum Gasteiger partial charge on any atom is -0.496 e. The van der Waals surface area contributed by atoms with Crippen molar-refractivity contribution in [2.45, 2.75) is 20.0 Å². The molecular weight excluding hydrogens is 363 g/mol. The van der Waals surface area contributed by atoms with Gasteiger partial charge >= 0.3 is 0 Å². The van der Waals surface area contributed by atoms with Crippen LogP contribution in [0.25, 0.3) is 0 Å². The Kier molecular flexibility index (Phi) is 8.07. The van der Waals surface area contributed by atoms with Crippen molar-refractivity contribution in [2.24, 2.45) is 0 Å². The Hall–Kier alpha value is -2.80. The molecule has 7 heteroatoms. The van der Waals surface area contributed by atoms with Gasteiger partial charge in [-0.15, -0.1) is 0 Å². The largest absolute Gasteiger partial charge is 0.496 e. The zero-order chi connectivity index (χ0) is 20.5. The second-order valence-electron chi connectivity index (χ2n) is 6.23. The number of amides is 1. The molecule has 0 unspecified atom stereocenters. The maximum atomic E-state index is 13.4. The molecule has 0 spiro atoms. The first-order chi connectivity index (χ1) is 13.5. The van der Waals surface area contributed by atoms with Gasteiger partial charge in [-0.05, 0) is 30.3 Å². The van der Waals surface area contributed by atoms with Crippen molar-refractivity contribution in [3.63, 3.8) is 0 Å². The fourth-order valence-electron chi connectivity index (χ4n) is 2.86. The van der Waals surface area contributed by atoms with Crippen LogP contribution < -0.4 is 19.5 Å². The van der Waals surface area contributed by atoms with E-state index in [1.807, 2.05) is 17.9 Å². The Bertz CT molecular complexity index is 798. The number of halogens is 1. The standard InChI is InChI=1S/C21H27FN2O4/c1-5-24(13-15-7-6-8-17(22)9-15)14-21(25)23-12-16-10-19(27-3)20(28-4)11-18(16)26-2/h6-11H,5,12-14H2,1-4H3,(H,23,25). The first kappa shape index (κ1) is 21.5. The highest BCUT2D eigenvalue weighted by molar-refractivity contribution is 5.78. The Morgan fingerprint density at radius 1 is 1.04 bits per heavy atom. The summed E-state index contributed by atoms with van der Waals surface area (Å²) in [6, 6.07) is 9.91. The van der Waals surface area contributed by atoms with Crippen LogP contribution in [0.15, 0.2) is 36.4 Å². The highest BCUT2D eigenvalue weighted by Crippen LogP contribution is 2.34. The molecule has 0 fully saturated rings. The molecule has 0 radical (unpaired) electrons. The summed E-state index contributed by atoms with van der Waals surface area (Å²) in [4.78, 5) is 14.3. The summed E-state index contributed by atoms with van der Waals surface area (Å²) < 4.78 is 29.3. The fourth-order valence-corrected chi connectivity index (χ4v) is 2.86. The van der Waals surface area contributed by atoms with E-state index in [4.69, 9.17) is 14.2 Å². The van der Waals surface area contributed by atoms with Crippen molar-refractivity contribution in [2.75, 3.05) is 34.4 Å². The van der Waals surface area contributed by atoms with Gasteiger partial charge in [0.1, 0.15) is 11.6 Å². The third kappa shape index (κ3) is 5.85. The molecule has 0 aromatic heterocycles. The van der Waals surface area contributed by atoms with Gasteiger partial charge in [0.15, 0.2) is 11.5 Å². The van der Waals surface area contributed by atoms with Crippen molar-refractivity contribution >= 4 is 5.91 Å². The number of rotatable bonds is 10. The number of methoxy groups -OCH3 is 3. The first-order valence-corrected chi connectivity index (χ1v) is 9.03. The summed E-state index contributed by atoms with van der Waals surface area (Å²) in [6.07, 6.45) is 0. The lowest BCUT2D eigenvalue weighted by Crippen LogP contribution is -2.36. The van der Waals surface area contributed by atoms with E-state index in [1.54, 1.807) is 39.5 Å². The second-order valence-corrected chi connectivity index (χ2v) is 6.23. The van der Waals surface area contributed by atoms with Crippen LogP contribution in [0.3, 0.4) is 0 Å². The number of ether oxygens (including phenoxy) is 3. The average Bonchev–Trinajstić information content (AvgIpc) is 2.70. The number of benzene rings is 2. The van der Waals surface area contributed by atoms with Crippen LogP contribution in [-0.2, 0) is 17.9 Å². The van der Waals surface area contributed by atoms with Gasteiger partial charge in [-0.1, -0.05) is 19.1 Å². The summed E-state index contributed by atoms with van der Waals surface area (Å²) in [5, 5.41) is 2.89. The van der Waals surface area contributed by atoms with Crippen LogP contribution in [0.2, 0.25) is 0 Å². The molecule has 1 N–H and O–H groups in total. The highest BCUT2D eigenvalue weighted by Gasteiger charge is 2.14. The molecule has 0 aliphatic heterocycles. The maximum Gasteiger partial charge on any atom is 0.234 e. The van der Waals surface area contributed by atoms with Crippen LogP contribution in [0.1, 0.15) is 18.1 Å². The molecule has 2 rings (SSSR count). The highest BCUT2D eigenvalue weighted by atomic mass is 19.1. The monoisotopic (exact) mass is 390 g/mol. The minimum atomic E-state index is -0.279. The Balaban J connectivity index is 1.99. The van der Waals surface area contributed by atoms with Crippen molar-refractivity contribution < 1.29 is 23.4 Å². The average molecular weight is 390 g/mol. The van der Waals surface area contributed by atoms with E-state index in [1.165, 1.54) is 12.1 Å². The van der Waals surface area contributed by atoms with Crippen molar-refractivity contribution in [1.82, 2.24) is 10.2 Å². The van der Waals surface area contributed by atoms with Gasteiger partial charge in [-0.25, -0.2) is 4.39 Å². The summed E-state index contributed by atoms with van der Waals surface area (Å²) in [5.74, 6) is 1.31. The third-order valence-corrected chi connectivity index (χ3v) is 4.37. The van der Waals surface area contributed by atoms with E-state index < -0.39 is 0 Å². The van der Waals surface area contributed by atoms with Gasteiger partial charge in [0, 0.05) is 24.7 Å². The Morgan fingerprint density at radius 3 is 2.32 bits per heavy atom. The molecule has 0 saturated heterocycles. The lowest BCUT2D eigenvalue weighted by atomic mass is 10.1. The number of hydrogen-bond acceptors (Lipinski definition) is 5. The smallest absolute Gasteiger partial charge is 0.234 e. The normalized spacial score (nSPS) is 10.6. The van der Waals surface area contributed by atoms with Crippen LogP contribution in [0, 0.1) is 5.82 Å². The predicted octanol–water partition coefficient (Wildman–Crippen LogP) is 2.99. The molecule has 0 saturated carbocycles. The lowest BCUT2D eigenvalue weighted by molar-refractivity contribution is -0.122. The van der Waals surface area contributed by atoms with E-state index in [2.05, 4.69) is 5.32 Å². The molecule has 2 aromatic rings. The quantitative estimate of drug-likeness (QED) is 0.676. The number of likely N-dealkylation sites (N-methyl/N-ethyl adjacent to an activating group) is 1. The molecule has 28 heavy (non-hydrogen) atoms. The molecule has 0 aliphatic rings. The summed E-state index contributed by atoms with van der Waals surface area (Å²) in [5.41, 5.74) is 1.61. The molecular formula is C21H27FN2O4. The molecule has 1 amide bonds. The molecule has 152 valence electrons. The number of carbonyl (C=O) groups is 1. The van der Waals surface area contributed by atoms with Crippen LogP contribution in [0.4, 0.5) is 4.39 Å².